The van der Waals surface area contributed by atoms with Crippen LogP contribution < -0.4 is 0 Å². The van der Waals surface area contributed by atoms with Crippen molar-refractivity contribution >= 4 is 33.5 Å². The Morgan fingerprint density at radius 1 is 0.531 bits per heavy atom. The van der Waals surface area contributed by atoms with Crippen molar-refractivity contribution in [3.63, 3.8) is 0 Å². The summed E-state index contributed by atoms with van der Waals surface area (Å²) >= 11 is 6.26. The molecule has 4 heteroatoms. The summed E-state index contributed by atoms with van der Waals surface area (Å²) in [6.45, 7) is 0. The monoisotopic (exact) mass is 432 g/mol. The van der Waals surface area contributed by atoms with Crippen LogP contribution in [0, 0.1) is 0 Å². The number of aromatic nitrogens is 2. The Morgan fingerprint density at radius 3 is 2.09 bits per heavy atom. The number of fused-ring (bicyclic) bond motifs is 3. The van der Waals surface area contributed by atoms with E-state index < -0.39 is 0 Å². The molecule has 0 fully saturated rings. The van der Waals surface area contributed by atoms with Gasteiger partial charge in [-0.3, -0.25) is 0 Å². The first-order valence-electron chi connectivity index (χ1n) is 10.4. The van der Waals surface area contributed by atoms with Crippen LogP contribution in [0.25, 0.3) is 55.8 Å². The van der Waals surface area contributed by atoms with Gasteiger partial charge in [0.25, 0.3) is 0 Å². The Bertz CT molecular complexity index is 1590. The Balaban J connectivity index is 1.58. The minimum atomic E-state index is 0.661. The molecule has 0 saturated carbocycles. The molecule has 32 heavy (non-hydrogen) atoms. The van der Waals surface area contributed by atoms with Gasteiger partial charge in [0.2, 0.25) is 0 Å². The summed E-state index contributed by atoms with van der Waals surface area (Å²) in [4.78, 5) is 9.83. The maximum absolute atomic E-state index is 6.26. The minimum Gasteiger partial charge on any atom is -0.456 e. The van der Waals surface area contributed by atoms with Crippen LogP contribution in [0.2, 0.25) is 5.02 Å². The van der Waals surface area contributed by atoms with Crippen LogP contribution in [-0.2, 0) is 0 Å². The van der Waals surface area contributed by atoms with E-state index >= 15 is 0 Å². The Morgan fingerprint density at radius 2 is 1.25 bits per heavy atom. The summed E-state index contributed by atoms with van der Waals surface area (Å²) in [5, 5.41) is 2.81. The van der Waals surface area contributed by atoms with Gasteiger partial charge in [-0.25, -0.2) is 9.97 Å². The number of furan rings is 1. The number of nitrogens with zero attached hydrogens (tertiary/aromatic N) is 2. The van der Waals surface area contributed by atoms with Gasteiger partial charge in [0.05, 0.1) is 11.4 Å². The third-order valence-electron chi connectivity index (χ3n) is 5.55. The normalized spacial score (nSPS) is 11.3. The van der Waals surface area contributed by atoms with E-state index in [0.29, 0.717) is 10.8 Å². The Kier molecular flexibility index (Phi) is 4.48. The molecular weight excluding hydrogens is 416 g/mol. The number of halogens is 1. The van der Waals surface area contributed by atoms with Crippen LogP contribution in [0.3, 0.4) is 0 Å². The largest absolute Gasteiger partial charge is 0.456 e. The van der Waals surface area contributed by atoms with Crippen LogP contribution in [0.4, 0.5) is 0 Å². The zero-order valence-corrected chi connectivity index (χ0v) is 17.8. The molecule has 2 heterocycles. The van der Waals surface area contributed by atoms with Crippen LogP contribution in [0.1, 0.15) is 0 Å². The SMILES string of the molecule is Clc1cccc(-c2cc(-c3ccccc3)nc(-c3ccc4oc5ccccc5c4c3)n2)c1. The van der Waals surface area contributed by atoms with E-state index in [4.69, 9.17) is 26.0 Å². The summed E-state index contributed by atoms with van der Waals surface area (Å²) in [6, 6.07) is 34.1. The van der Waals surface area contributed by atoms with Gasteiger partial charge in [-0.2, -0.15) is 0 Å². The van der Waals surface area contributed by atoms with Crippen molar-refractivity contribution in [1.82, 2.24) is 9.97 Å². The second-order valence-corrected chi connectivity index (χ2v) is 8.08. The number of hydrogen-bond acceptors (Lipinski definition) is 3. The molecule has 2 aromatic heterocycles. The second-order valence-electron chi connectivity index (χ2n) is 7.65. The minimum absolute atomic E-state index is 0.661. The van der Waals surface area contributed by atoms with Gasteiger partial charge in [-0.05, 0) is 42.5 Å². The summed E-state index contributed by atoms with van der Waals surface area (Å²) in [7, 11) is 0. The molecule has 0 atom stereocenters. The van der Waals surface area contributed by atoms with Crippen LogP contribution >= 0.6 is 11.6 Å². The van der Waals surface area contributed by atoms with E-state index in [0.717, 1.165) is 50.0 Å². The highest BCUT2D eigenvalue weighted by atomic mass is 35.5. The lowest BCUT2D eigenvalue weighted by molar-refractivity contribution is 0.669. The van der Waals surface area contributed by atoms with Crippen molar-refractivity contribution in [3.05, 3.63) is 108 Å². The number of rotatable bonds is 3. The highest BCUT2D eigenvalue weighted by Gasteiger charge is 2.13. The number of benzene rings is 4. The van der Waals surface area contributed by atoms with Crippen molar-refractivity contribution in [3.8, 4) is 33.9 Å². The van der Waals surface area contributed by atoms with Crippen molar-refractivity contribution in [2.45, 2.75) is 0 Å². The molecule has 6 rings (SSSR count). The molecule has 0 aliphatic heterocycles. The molecule has 0 bridgehead atoms. The first-order chi connectivity index (χ1) is 15.7. The standard InChI is InChI=1S/C28H17ClN2O/c29-21-10-6-9-19(15-21)25-17-24(18-7-2-1-3-8-18)30-28(31-25)20-13-14-27-23(16-20)22-11-4-5-12-26(22)32-27/h1-17H. The van der Waals surface area contributed by atoms with Gasteiger partial charge in [-0.1, -0.05) is 72.3 Å². The van der Waals surface area contributed by atoms with Crippen LogP contribution in [0.15, 0.2) is 108 Å². The molecule has 0 unspecified atom stereocenters. The van der Waals surface area contributed by atoms with E-state index in [2.05, 4.69) is 24.3 Å². The predicted octanol–water partition coefficient (Wildman–Crippen LogP) is 8.03. The predicted molar refractivity (Wildman–Crippen MR) is 131 cm³/mol. The van der Waals surface area contributed by atoms with Gasteiger partial charge in [0, 0.05) is 32.5 Å². The van der Waals surface area contributed by atoms with Crippen molar-refractivity contribution in [2.24, 2.45) is 0 Å². The molecule has 0 N–H and O–H groups in total. The second kappa shape index (κ2) is 7.63. The van der Waals surface area contributed by atoms with Gasteiger partial charge >= 0.3 is 0 Å². The molecule has 0 saturated heterocycles. The molecule has 4 aromatic carbocycles. The van der Waals surface area contributed by atoms with Crippen molar-refractivity contribution in [2.75, 3.05) is 0 Å². The summed E-state index contributed by atoms with van der Waals surface area (Å²) in [5.41, 5.74) is 6.34. The fourth-order valence-corrected chi connectivity index (χ4v) is 4.18. The third kappa shape index (κ3) is 3.33. The molecule has 0 aliphatic rings. The lowest BCUT2D eigenvalue weighted by atomic mass is 10.1. The van der Waals surface area contributed by atoms with Gasteiger partial charge in [0.15, 0.2) is 5.82 Å². The quantitative estimate of drug-likeness (QED) is 0.284. The molecule has 3 nitrogen and oxygen atoms in total. The first kappa shape index (κ1) is 18.8. The zero-order chi connectivity index (χ0) is 21.5. The molecule has 0 aliphatic carbocycles. The van der Waals surface area contributed by atoms with Gasteiger partial charge in [0.1, 0.15) is 11.2 Å². The molecule has 152 valence electrons. The number of hydrogen-bond donors (Lipinski definition) is 0. The Labute approximate surface area is 190 Å². The van der Waals surface area contributed by atoms with E-state index in [1.807, 2.05) is 78.9 Å². The fourth-order valence-electron chi connectivity index (χ4n) is 3.99. The topological polar surface area (TPSA) is 38.9 Å². The van der Waals surface area contributed by atoms with E-state index in [9.17, 15) is 0 Å². The molecule has 0 amide bonds. The average molecular weight is 433 g/mol. The highest BCUT2D eigenvalue weighted by Crippen LogP contribution is 2.33. The maximum Gasteiger partial charge on any atom is 0.160 e. The van der Waals surface area contributed by atoms with Gasteiger partial charge in [-0.15, -0.1) is 0 Å². The van der Waals surface area contributed by atoms with Crippen LogP contribution in [0.5, 0.6) is 0 Å². The lowest BCUT2D eigenvalue weighted by Crippen LogP contribution is -1.95. The number of para-hydroxylation sites is 1. The summed E-state index contributed by atoms with van der Waals surface area (Å²) < 4.78 is 5.99. The lowest BCUT2D eigenvalue weighted by Gasteiger charge is -2.09. The Hall–Kier alpha value is -3.95. The van der Waals surface area contributed by atoms with Gasteiger partial charge < -0.3 is 4.42 Å². The molecule has 0 spiro atoms. The summed E-state index contributed by atoms with van der Waals surface area (Å²) in [5.74, 6) is 0.661. The zero-order valence-electron chi connectivity index (χ0n) is 17.0. The molecule has 0 radical (unpaired) electrons. The molecular formula is C28H17ClN2O. The third-order valence-corrected chi connectivity index (χ3v) is 5.79. The van der Waals surface area contributed by atoms with E-state index in [-0.39, 0.29) is 0 Å². The van der Waals surface area contributed by atoms with E-state index in [1.165, 1.54) is 0 Å². The smallest absolute Gasteiger partial charge is 0.160 e. The first-order valence-corrected chi connectivity index (χ1v) is 10.7. The van der Waals surface area contributed by atoms with Crippen LogP contribution in [-0.4, -0.2) is 9.97 Å². The summed E-state index contributed by atoms with van der Waals surface area (Å²) in [6.07, 6.45) is 0. The highest BCUT2D eigenvalue weighted by molar-refractivity contribution is 6.30. The fraction of sp³-hybridized carbons (Fsp3) is 0. The molecule has 6 aromatic rings. The van der Waals surface area contributed by atoms with Crippen molar-refractivity contribution < 1.29 is 4.42 Å². The van der Waals surface area contributed by atoms with E-state index in [1.54, 1.807) is 0 Å². The maximum atomic E-state index is 6.26. The average Bonchev–Trinajstić information content (AvgIpc) is 3.22. The van der Waals surface area contributed by atoms with Crippen molar-refractivity contribution in [1.29, 1.82) is 0 Å².